The van der Waals surface area contributed by atoms with Crippen LogP contribution in [-0.2, 0) is 4.79 Å². The van der Waals surface area contributed by atoms with Crippen LogP contribution in [0.5, 0.6) is 0 Å². The Balaban J connectivity index is 2.65. The lowest BCUT2D eigenvalue weighted by molar-refractivity contribution is -0.116. The number of benzene rings is 1. The van der Waals surface area contributed by atoms with Crippen LogP contribution in [0.1, 0.15) is 12.8 Å². The fourth-order valence-corrected chi connectivity index (χ4v) is 1.29. The van der Waals surface area contributed by atoms with E-state index in [0.717, 1.165) is 0 Å². The number of hydrogen-bond acceptors (Lipinski definition) is 2. The van der Waals surface area contributed by atoms with E-state index >= 15 is 0 Å². The van der Waals surface area contributed by atoms with Crippen molar-refractivity contribution >= 4 is 11.6 Å². The molecule has 1 aromatic rings. The third-order valence-corrected chi connectivity index (χ3v) is 2.10. The molecule has 2 N–H and O–H groups in total. The number of halogens is 3. The molecule has 94 valence electrons. The molecular weight excluding hydrogens is 233 g/mol. The van der Waals surface area contributed by atoms with E-state index in [9.17, 15) is 18.0 Å². The van der Waals surface area contributed by atoms with Crippen molar-refractivity contribution in [3.05, 3.63) is 29.6 Å². The standard InChI is InChI=1S/C11H13F3N2O/c1-15-4-2-3-10(17)16-11-8(13)5-7(12)6-9(11)14/h5-6,15H,2-4H2,1H3,(H,16,17). The van der Waals surface area contributed by atoms with Gasteiger partial charge in [0.05, 0.1) is 0 Å². The lowest BCUT2D eigenvalue weighted by Gasteiger charge is -2.07. The number of anilines is 1. The summed E-state index contributed by atoms with van der Waals surface area (Å²) in [5.41, 5.74) is -0.610. The van der Waals surface area contributed by atoms with E-state index in [-0.39, 0.29) is 6.42 Å². The number of carbonyl (C=O) groups excluding carboxylic acids is 1. The van der Waals surface area contributed by atoms with Gasteiger partial charge < -0.3 is 10.6 Å². The van der Waals surface area contributed by atoms with Crippen LogP contribution in [0.4, 0.5) is 18.9 Å². The molecule has 1 amide bonds. The average molecular weight is 246 g/mol. The first-order chi connectivity index (χ1) is 8.04. The minimum atomic E-state index is -1.12. The van der Waals surface area contributed by atoms with Gasteiger partial charge in [-0.1, -0.05) is 0 Å². The molecule has 0 fully saturated rings. The average Bonchev–Trinajstić information content (AvgIpc) is 2.24. The zero-order valence-electron chi connectivity index (χ0n) is 9.32. The molecule has 0 atom stereocenters. The second-order valence-corrected chi connectivity index (χ2v) is 3.50. The van der Waals surface area contributed by atoms with Gasteiger partial charge in [-0.3, -0.25) is 4.79 Å². The van der Waals surface area contributed by atoms with Crippen molar-refractivity contribution in [3.8, 4) is 0 Å². The number of rotatable bonds is 5. The molecule has 1 aromatic carbocycles. The summed E-state index contributed by atoms with van der Waals surface area (Å²) in [5, 5.41) is 4.92. The van der Waals surface area contributed by atoms with Gasteiger partial charge in [0, 0.05) is 18.6 Å². The molecular formula is C11H13F3N2O. The van der Waals surface area contributed by atoms with Gasteiger partial charge in [0.2, 0.25) is 5.91 Å². The van der Waals surface area contributed by atoms with Crippen molar-refractivity contribution in [2.75, 3.05) is 18.9 Å². The van der Waals surface area contributed by atoms with Gasteiger partial charge in [-0.25, -0.2) is 13.2 Å². The highest BCUT2D eigenvalue weighted by atomic mass is 19.1. The van der Waals surface area contributed by atoms with E-state index in [1.165, 1.54) is 0 Å². The smallest absolute Gasteiger partial charge is 0.224 e. The Morgan fingerprint density at radius 3 is 2.35 bits per heavy atom. The molecule has 0 radical (unpaired) electrons. The topological polar surface area (TPSA) is 41.1 Å². The van der Waals surface area contributed by atoms with Crippen LogP contribution in [-0.4, -0.2) is 19.5 Å². The fourth-order valence-electron chi connectivity index (χ4n) is 1.29. The lowest BCUT2D eigenvalue weighted by atomic mass is 10.2. The summed E-state index contributed by atoms with van der Waals surface area (Å²) >= 11 is 0. The summed E-state index contributed by atoms with van der Waals surface area (Å²) < 4.78 is 38.9. The van der Waals surface area contributed by atoms with E-state index < -0.39 is 29.0 Å². The Hall–Kier alpha value is -1.56. The van der Waals surface area contributed by atoms with Crippen molar-refractivity contribution in [1.82, 2.24) is 5.32 Å². The number of hydrogen-bond donors (Lipinski definition) is 2. The summed E-state index contributed by atoms with van der Waals surface area (Å²) in [6, 6.07) is 1.04. The fraction of sp³-hybridized carbons (Fsp3) is 0.364. The lowest BCUT2D eigenvalue weighted by Crippen LogP contribution is -2.16. The maximum absolute atomic E-state index is 13.2. The SMILES string of the molecule is CNCCCC(=O)Nc1c(F)cc(F)cc1F. The Bertz CT molecular complexity index is 387. The summed E-state index contributed by atoms with van der Waals surface area (Å²) in [7, 11) is 1.73. The second-order valence-electron chi connectivity index (χ2n) is 3.50. The number of carbonyl (C=O) groups is 1. The largest absolute Gasteiger partial charge is 0.321 e. The van der Waals surface area contributed by atoms with Crippen LogP contribution in [0, 0.1) is 17.5 Å². The maximum Gasteiger partial charge on any atom is 0.224 e. The molecule has 3 nitrogen and oxygen atoms in total. The van der Waals surface area contributed by atoms with Crippen molar-refractivity contribution in [3.63, 3.8) is 0 Å². The predicted octanol–water partition coefficient (Wildman–Crippen LogP) is 2.04. The van der Waals surface area contributed by atoms with Crippen molar-refractivity contribution in [1.29, 1.82) is 0 Å². The predicted molar refractivity (Wildman–Crippen MR) is 58.1 cm³/mol. The molecule has 17 heavy (non-hydrogen) atoms. The molecule has 0 bridgehead atoms. The van der Waals surface area contributed by atoms with Gasteiger partial charge in [0.1, 0.15) is 11.5 Å². The quantitative estimate of drug-likeness (QED) is 0.781. The monoisotopic (exact) mass is 246 g/mol. The van der Waals surface area contributed by atoms with Crippen LogP contribution in [0.15, 0.2) is 12.1 Å². The molecule has 0 saturated heterocycles. The molecule has 1 rings (SSSR count). The zero-order chi connectivity index (χ0) is 12.8. The highest BCUT2D eigenvalue weighted by Gasteiger charge is 2.13. The summed E-state index contributed by atoms with van der Waals surface area (Å²) in [4.78, 5) is 11.3. The van der Waals surface area contributed by atoms with Gasteiger partial charge in [-0.15, -0.1) is 0 Å². The van der Waals surface area contributed by atoms with Crippen LogP contribution >= 0.6 is 0 Å². The third-order valence-electron chi connectivity index (χ3n) is 2.10. The van der Waals surface area contributed by atoms with Gasteiger partial charge in [0.15, 0.2) is 11.6 Å². The van der Waals surface area contributed by atoms with Crippen molar-refractivity contribution < 1.29 is 18.0 Å². The Kier molecular flexibility index (Phi) is 4.96. The molecule has 0 spiro atoms. The van der Waals surface area contributed by atoms with E-state index in [2.05, 4.69) is 10.6 Å². The minimum absolute atomic E-state index is 0.136. The van der Waals surface area contributed by atoms with E-state index in [0.29, 0.717) is 25.1 Å². The van der Waals surface area contributed by atoms with E-state index in [1.54, 1.807) is 7.05 Å². The third kappa shape index (κ3) is 4.07. The van der Waals surface area contributed by atoms with E-state index in [1.807, 2.05) is 0 Å². The summed E-state index contributed by atoms with van der Waals surface area (Å²) in [6.45, 7) is 0.627. The molecule has 6 heteroatoms. The van der Waals surface area contributed by atoms with Gasteiger partial charge in [0.25, 0.3) is 0 Å². The van der Waals surface area contributed by atoms with Crippen LogP contribution in [0.3, 0.4) is 0 Å². The van der Waals surface area contributed by atoms with Crippen molar-refractivity contribution in [2.45, 2.75) is 12.8 Å². The zero-order valence-corrected chi connectivity index (χ0v) is 9.32. The molecule has 0 aliphatic heterocycles. The number of nitrogens with one attached hydrogen (secondary N) is 2. The second kappa shape index (κ2) is 6.24. The molecule has 0 aliphatic carbocycles. The maximum atomic E-state index is 13.2. The molecule has 0 heterocycles. The van der Waals surface area contributed by atoms with Gasteiger partial charge in [-0.05, 0) is 20.0 Å². The Morgan fingerprint density at radius 1 is 1.24 bits per heavy atom. The van der Waals surface area contributed by atoms with Crippen LogP contribution in [0.2, 0.25) is 0 Å². The highest BCUT2D eigenvalue weighted by Crippen LogP contribution is 2.20. The highest BCUT2D eigenvalue weighted by molar-refractivity contribution is 5.90. The first-order valence-electron chi connectivity index (χ1n) is 5.13. The van der Waals surface area contributed by atoms with Crippen LogP contribution < -0.4 is 10.6 Å². The minimum Gasteiger partial charge on any atom is -0.321 e. The summed E-state index contributed by atoms with van der Waals surface area (Å²) in [6.07, 6.45) is 0.684. The Morgan fingerprint density at radius 2 is 1.82 bits per heavy atom. The molecule has 0 unspecified atom stereocenters. The first-order valence-corrected chi connectivity index (χ1v) is 5.13. The van der Waals surface area contributed by atoms with Crippen molar-refractivity contribution in [2.24, 2.45) is 0 Å². The van der Waals surface area contributed by atoms with Gasteiger partial charge >= 0.3 is 0 Å². The van der Waals surface area contributed by atoms with Crippen LogP contribution in [0.25, 0.3) is 0 Å². The normalized spacial score (nSPS) is 10.4. The molecule has 0 saturated carbocycles. The van der Waals surface area contributed by atoms with Gasteiger partial charge in [-0.2, -0.15) is 0 Å². The number of amides is 1. The summed E-state index contributed by atoms with van der Waals surface area (Å²) in [5.74, 6) is -3.77. The molecule has 0 aliphatic rings. The Labute approximate surface area is 97.0 Å². The first kappa shape index (κ1) is 13.5. The molecule has 0 aromatic heterocycles. The van der Waals surface area contributed by atoms with E-state index in [4.69, 9.17) is 0 Å².